The normalized spacial score (nSPS) is 29.7. The number of piperidine rings is 1. The minimum Gasteiger partial charge on any atom is -0.383 e. The summed E-state index contributed by atoms with van der Waals surface area (Å²) in [5, 5.41) is 11.7. The standard InChI is InChI=1S/C24H30FN3O2/c25-21-14-18(7-8-22(21)28-10-12-30-13-11-28)15-27-16-19-4-3-5-20(17-27)24(19,29)23-6-1-2-9-26-23/h1-2,6-9,14,19-20,29H,3-5,10-13,15-17H2/t19-,20-/m1/s1. The first-order chi connectivity index (χ1) is 14.6. The summed E-state index contributed by atoms with van der Waals surface area (Å²) in [6, 6.07) is 11.4. The molecular weight excluding hydrogens is 381 g/mol. The van der Waals surface area contributed by atoms with Gasteiger partial charge in [-0.3, -0.25) is 9.88 Å². The summed E-state index contributed by atoms with van der Waals surface area (Å²) in [7, 11) is 0. The van der Waals surface area contributed by atoms with Crippen molar-refractivity contribution in [2.24, 2.45) is 11.8 Å². The third kappa shape index (κ3) is 3.61. The average molecular weight is 412 g/mol. The summed E-state index contributed by atoms with van der Waals surface area (Å²) < 4.78 is 20.2. The van der Waals surface area contributed by atoms with Gasteiger partial charge < -0.3 is 14.7 Å². The predicted octanol–water partition coefficient (Wildman–Crippen LogP) is 3.18. The molecule has 2 bridgehead atoms. The number of ether oxygens (including phenoxy) is 1. The molecular formula is C24H30FN3O2. The molecule has 3 fully saturated rings. The van der Waals surface area contributed by atoms with Crippen LogP contribution in [-0.4, -0.2) is 54.4 Å². The van der Waals surface area contributed by atoms with Gasteiger partial charge in [-0.15, -0.1) is 0 Å². The summed E-state index contributed by atoms with van der Waals surface area (Å²) in [5.41, 5.74) is 1.62. The van der Waals surface area contributed by atoms with Gasteiger partial charge in [-0.05, 0) is 42.7 Å². The average Bonchev–Trinajstić information content (AvgIpc) is 2.76. The summed E-state index contributed by atoms with van der Waals surface area (Å²) in [6.45, 7) is 5.11. The van der Waals surface area contributed by atoms with Gasteiger partial charge in [-0.25, -0.2) is 4.39 Å². The molecule has 160 valence electrons. The maximum atomic E-state index is 14.8. The summed E-state index contributed by atoms with van der Waals surface area (Å²) >= 11 is 0. The lowest BCUT2D eigenvalue weighted by atomic mass is 9.64. The Kier molecular flexibility index (Phi) is 5.48. The highest BCUT2D eigenvalue weighted by Gasteiger charge is 2.52. The Morgan fingerprint density at radius 3 is 2.53 bits per heavy atom. The fraction of sp³-hybridized carbons (Fsp3) is 0.542. The summed E-state index contributed by atoms with van der Waals surface area (Å²) in [6.07, 6.45) is 4.93. The third-order valence-electron chi connectivity index (χ3n) is 7.15. The topological polar surface area (TPSA) is 48.8 Å². The first-order valence-corrected chi connectivity index (χ1v) is 11.1. The fourth-order valence-corrected chi connectivity index (χ4v) is 5.66. The second-order valence-electron chi connectivity index (χ2n) is 8.94. The number of anilines is 1. The highest BCUT2D eigenvalue weighted by atomic mass is 19.1. The van der Waals surface area contributed by atoms with Crippen LogP contribution in [0.25, 0.3) is 0 Å². The van der Waals surface area contributed by atoms with Gasteiger partial charge >= 0.3 is 0 Å². The highest BCUT2D eigenvalue weighted by Crippen LogP contribution is 2.48. The predicted molar refractivity (Wildman–Crippen MR) is 114 cm³/mol. The number of hydrogen-bond acceptors (Lipinski definition) is 5. The lowest BCUT2D eigenvalue weighted by Gasteiger charge is -2.52. The number of aliphatic hydroxyl groups is 1. The molecule has 0 radical (unpaired) electrons. The number of aromatic nitrogens is 1. The quantitative estimate of drug-likeness (QED) is 0.838. The molecule has 3 aliphatic rings. The second-order valence-corrected chi connectivity index (χ2v) is 8.94. The van der Waals surface area contributed by atoms with E-state index in [2.05, 4.69) is 14.8 Å². The largest absolute Gasteiger partial charge is 0.383 e. The van der Waals surface area contributed by atoms with Gasteiger partial charge in [0.05, 0.1) is 24.6 Å². The van der Waals surface area contributed by atoms with Crippen LogP contribution >= 0.6 is 0 Å². The van der Waals surface area contributed by atoms with Gasteiger partial charge in [0.15, 0.2) is 0 Å². The van der Waals surface area contributed by atoms with Crippen LogP contribution in [0.15, 0.2) is 42.6 Å². The number of nitrogens with zero attached hydrogens (tertiary/aromatic N) is 3. The number of rotatable bonds is 4. The van der Waals surface area contributed by atoms with Crippen molar-refractivity contribution in [1.82, 2.24) is 9.88 Å². The van der Waals surface area contributed by atoms with Crippen molar-refractivity contribution in [2.45, 2.75) is 31.4 Å². The van der Waals surface area contributed by atoms with E-state index in [4.69, 9.17) is 4.74 Å². The molecule has 0 unspecified atom stereocenters. The lowest BCUT2D eigenvalue weighted by molar-refractivity contribution is -0.151. The number of hydrogen-bond donors (Lipinski definition) is 1. The number of fused-ring (bicyclic) bond motifs is 2. The van der Waals surface area contributed by atoms with E-state index < -0.39 is 5.60 Å². The molecule has 2 aliphatic heterocycles. The third-order valence-corrected chi connectivity index (χ3v) is 7.15. The number of likely N-dealkylation sites (tertiary alicyclic amines) is 1. The Labute approximate surface area is 177 Å². The maximum absolute atomic E-state index is 14.8. The Balaban J connectivity index is 1.31. The number of pyridine rings is 1. The van der Waals surface area contributed by atoms with E-state index in [0.717, 1.165) is 56.7 Å². The van der Waals surface area contributed by atoms with Gasteiger partial charge in [0.1, 0.15) is 11.4 Å². The SMILES string of the molecule is OC1(c2ccccn2)[C@@H]2CCC[C@@H]1CN(Cc1ccc(N3CCOCC3)c(F)c1)C2. The van der Waals surface area contributed by atoms with E-state index in [0.29, 0.717) is 25.4 Å². The van der Waals surface area contributed by atoms with Crippen LogP contribution in [0.1, 0.15) is 30.5 Å². The molecule has 2 atom stereocenters. The van der Waals surface area contributed by atoms with Gasteiger partial charge in [-0.2, -0.15) is 0 Å². The summed E-state index contributed by atoms with van der Waals surface area (Å²) in [4.78, 5) is 8.94. The maximum Gasteiger partial charge on any atom is 0.146 e. The van der Waals surface area contributed by atoms with E-state index in [1.54, 1.807) is 12.3 Å². The van der Waals surface area contributed by atoms with E-state index in [1.165, 1.54) is 0 Å². The molecule has 0 spiro atoms. The van der Waals surface area contributed by atoms with E-state index in [1.807, 2.05) is 30.3 Å². The summed E-state index contributed by atoms with van der Waals surface area (Å²) in [5.74, 6) is 0.173. The minimum absolute atomic E-state index is 0.156. The molecule has 3 heterocycles. The number of benzene rings is 1. The van der Waals surface area contributed by atoms with Crippen LogP contribution in [-0.2, 0) is 16.9 Å². The smallest absolute Gasteiger partial charge is 0.146 e. The first kappa shape index (κ1) is 19.9. The molecule has 1 aromatic carbocycles. The van der Waals surface area contributed by atoms with E-state index >= 15 is 0 Å². The van der Waals surface area contributed by atoms with Gasteiger partial charge in [0.2, 0.25) is 0 Å². The van der Waals surface area contributed by atoms with Crippen LogP contribution in [0.2, 0.25) is 0 Å². The van der Waals surface area contributed by atoms with Crippen LogP contribution in [0, 0.1) is 17.7 Å². The van der Waals surface area contributed by atoms with Gasteiger partial charge in [-0.1, -0.05) is 18.6 Å². The molecule has 2 aromatic rings. The van der Waals surface area contributed by atoms with Crippen molar-refractivity contribution >= 4 is 5.69 Å². The Bertz CT molecular complexity index is 858. The molecule has 2 saturated heterocycles. The number of halogens is 1. The van der Waals surface area contributed by atoms with Crippen molar-refractivity contribution in [2.75, 3.05) is 44.3 Å². The van der Waals surface area contributed by atoms with Crippen LogP contribution in [0.3, 0.4) is 0 Å². The van der Waals surface area contributed by atoms with Crippen molar-refractivity contribution in [3.05, 3.63) is 59.7 Å². The van der Waals surface area contributed by atoms with Crippen LogP contribution in [0.4, 0.5) is 10.1 Å². The molecule has 1 aliphatic carbocycles. The minimum atomic E-state index is -0.846. The molecule has 30 heavy (non-hydrogen) atoms. The lowest BCUT2D eigenvalue weighted by Crippen LogP contribution is -2.58. The Morgan fingerprint density at radius 1 is 1.10 bits per heavy atom. The zero-order valence-corrected chi connectivity index (χ0v) is 17.3. The molecule has 1 N–H and O–H groups in total. The zero-order valence-electron chi connectivity index (χ0n) is 17.3. The zero-order chi connectivity index (χ0) is 20.6. The van der Waals surface area contributed by atoms with Crippen LogP contribution in [0.5, 0.6) is 0 Å². The molecule has 5 rings (SSSR count). The second kappa shape index (κ2) is 8.25. The van der Waals surface area contributed by atoms with Crippen molar-refractivity contribution < 1.29 is 14.2 Å². The van der Waals surface area contributed by atoms with Crippen molar-refractivity contribution in [3.63, 3.8) is 0 Å². The molecule has 1 saturated carbocycles. The van der Waals surface area contributed by atoms with Gasteiger partial charge in [0.25, 0.3) is 0 Å². The van der Waals surface area contributed by atoms with Crippen molar-refractivity contribution in [3.8, 4) is 0 Å². The van der Waals surface area contributed by atoms with Crippen molar-refractivity contribution in [1.29, 1.82) is 0 Å². The highest BCUT2D eigenvalue weighted by molar-refractivity contribution is 5.49. The monoisotopic (exact) mass is 411 g/mol. The van der Waals surface area contributed by atoms with E-state index in [-0.39, 0.29) is 17.7 Å². The Hall–Kier alpha value is -2.02. The van der Waals surface area contributed by atoms with Gasteiger partial charge in [0, 0.05) is 50.8 Å². The molecule has 6 heteroatoms. The molecule has 5 nitrogen and oxygen atoms in total. The fourth-order valence-electron chi connectivity index (χ4n) is 5.66. The van der Waals surface area contributed by atoms with Crippen LogP contribution < -0.4 is 4.90 Å². The first-order valence-electron chi connectivity index (χ1n) is 11.1. The van der Waals surface area contributed by atoms with E-state index in [9.17, 15) is 9.50 Å². The molecule has 0 amide bonds. The number of morpholine rings is 1. The molecule has 1 aromatic heterocycles. The Morgan fingerprint density at radius 2 is 1.87 bits per heavy atom.